The van der Waals surface area contributed by atoms with Crippen molar-refractivity contribution in [1.82, 2.24) is 4.57 Å². The molecule has 4 nitrogen and oxygen atoms in total. The molecule has 0 spiro atoms. The summed E-state index contributed by atoms with van der Waals surface area (Å²) >= 11 is 6.37. The van der Waals surface area contributed by atoms with E-state index in [0.717, 1.165) is 11.1 Å². The van der Waals surface area contributed by atoms with Crippen LogP contribution in [0.5, 0.6) is 0 Å². The average molecular weight is 372 g/mol. The number of benzene rings is 2. The smallest absolute Gasteiger partial charge is 0.199 e. The van der Waals surface area contributed by atoms with Gasteiger partial charge < -0.3 is 14.0 Å². The molecule has 136 valence electrons. The van der Waals surface area contributed by atoms with Crippen molar-refractivity contribution in [3.63, 3.8) is 0 Å². The highest BCUT2D eigenvalue weighted by atomic mass is 35.5. The lowest BCUT2D eigenvalue weighted by atomic mass is 9.99. The summed E-state index contributed by atoms with van der Waals surface area (Å²) < 4.78 is 13.6. The molecule has 3 rings (SSSR count). The Labute approximate surface area is 157 Å². The van der Waals surface area contributed by atoms with Crippen molar-refractivity contribution in [3.8, 4) is 11.1 Å². The van der Waals surface area contributed by atoms with Gasteiger partial charge in [-0.25, -0.2) is 0 Å². The number of aryl methyl sites for hydroxylation is 1. The number of aromatic nitrogens is 1. The number of nitrogens with zero attached hydrogens (tertiary/aromatic N) is 1. The summed E-state index contributed by atoms with van der Waals surface area (Å²) in [5.41, 5.74) is 2.70. The van der Waals surface area contributed by atoms with Crippen LogP contribution in [0.15, 0.2) is 53.3 Å². The van der Waals surface area contributed by atoms with Crippen molar-refractivity contribution in [2.45, 2.75) is 20.1 Å². The maximum Gasteiger partial charge on any atom is 0.199 e. The van der Waals surface area contributed by atoms with Gasteiger partial charge >= 0.3 is 0 Å². The van der Waals surface area contributed by atoms with E-state index in [1.165, 1.54) is 0 Å². The molecule has 0 unspecified atom stereocenters. The summed E-state index contributed by atoms with van der Waals surface area (Å²) in [6, 6.07) is 15.0. The summed E-state index contributed by atoms with van der Waals surface area (Å²) in [4.78, 5) is 13.4. The molecule has 0 aliphatic rings. The third kappa shape index (κ3) is 3.28. The molecule has 1 aromatic heterocycles. The van der Waals surface area contributed by atoms with E-state index >= 15 is 0 Å². The Morgan fingerprint density at radius 3 is 2.27 bits per heavy atom. The SMILES string of the molecule is CCOC(OCC)c1c(-c2ccccc2)c(=O)c2c(Cl)cccc2n1C. The van der Waals surface area contributed by atoms with Crippen molar-refractivity contribution in [2.75, 3.05) is 13.2 Å². The minimum Gasteiger partial charge on any atom is -0.347 e. The highest BCUT2D eigenvalue weighted by Gasteiger charge is 2.25. The highest BCUT2D eigenvalue weighted by Crippen LogP contribution is 2.32. The van der Waals surface area contributed by atoms with E-state index in [4.69, 9.17) is 21.1 Å². The maximum atomic E-state index is 13.4. The topological polar surface area (TPSA) is 40.5 Å². The number of pyridine rings is 1. The zero-order valence-corrected chi connectivity index (χ0v) is 15.9. The summed E-state index contributed by atoms with van der Waals surface area (Å²) in [5.74, 6) is 0. The van der Waals surface area contributed by atoms with Gasteiger partial charge in [0.2, 0.25) is 0 Å². The number of hydrogen-bond donors (Lipinski definition) is 0. The summed E-state index contributed by atoms with van der Waals surface area (Å²) in [5, 5.41) is 0.946. The second-order valence-electron chi connectivity index (χ2n) is 5.89. The molecule has 0 aliphatic heterocycles. The van der Waals surface area contributed by atoms with Crippen LogP contribution >= 0.6 is 11.6 Å². The molecule has 0 saturated carbocycles. The molecular formula is C21H22ClNO3. The number of ether oxygens (including phenoxy) is 2. The average Bonchev–Trinajstić information content (AvgIpc) is 2.65. The Kier molecular flexibility index (Phi) is 5.77. The van der Waals surface area contributed by atoms with Crippen LogP contribution in [0.3, 0.4) is 0 Å². The quantitative estimate of drug-likeness (QED) is 0.577. The predicted octanol–water partition coefficient (Wildman–Crippen LogP) is 4.93. The fourth-order valence-electron chi connectivity index (χ4n) is 3.22. The molecule has 5 heteroatoms. The van der Waals surface area contributed by atoms with Crippen molar-refractivity contribution in [1.29, 1.82) is 0 Å². The first kappa shape index (κ1) is 18.6. The van der Waals surface area contributed by atoms with Crippen molar-refractivity contribution in [3.05, 3.63) is 69.5 Å². The first-order chi connectivity index (χ1) is 12.6. The first-order valence-electron chi connectivity index (χ1n) is 8.69. The fourth-order valence-corrected chi connectivity index (χ4v) is 3.48. The van der Waals surface area contributed by atoms with Gasteiger partial charge in [0.25, 0.3) is 0 Å². The number of fused-ring (bicyclic) bond motifs is 1. The second-order valence-corrected chi connectivity index (χ2v) is 6.30. The standard InChI is InChI=1S/C21H22ClNO3/c1-4-25-21(26-5-2)19-17(14-10-7-6-8-11-14)20(24)18-15(22)12-9-13-16(18)23(19)3/h6-13,21H,4-5H2,1-3H3. The third-order valence-electron chi connectivity index (χ3n) is 4.35. The van der Waals surface area contributed by atoms with Gasteiger partial charge in [0.15, 0.2) is 11.7 Å². The third-order valence-corrected chi connectivity index (χ3v) is 4.66. The second kappa shape index (κ2) is 8.04. The Hall–Kier alpha value is -2.14. The van der Waals surface area contributed by atoms with Crippen LogP contribution < -0.4 is 5.43 Å². The van der Waals surface area contributed by atoms with E-state index in [0.29, 0.717) is 34.9 Å². The highest BCUT2D eigenvalue weighted by molar-refractivity contribution is 6.35. The molecule has 0 bridgehead atoms. The molecule has 2 aromatic carbocycles. The van der Waals surface area contributed by atoms with E-state index in [9.17, 15) is 4.79 Å². The Balaban J connectivity index is 2.44. The summed E-state index contributed by atoms with van der Waals surface area (Å²) in [6.07, 6.45) is -0.638. The molecule has 0 N–H and O–H groups in total. The van der Waals surface area contributed by atoms with E-state index in [-0.39, 0.29) is 5.43 Å². The van der Waals surface area contributed by atoms with Crippen molar-refractivity contribution in [2.24, 2.45) is 7.05 Å². The van der Waals surface area contributed by atoms with Gasteiger partial charge in [-0.3, -0.25) is 4.79 Å². The number of rotatable bonds is 6. The van der Waals surface area contributed by atoms with Crippen LogP contribution in [0.25, 0.3) is 22.0 Å². The van der Waals surface area contributed by atoms with E-state index in [1.54, 1.807) is 6.07 Å². The first-order valence-corrected chi connectivity index (χ1v) is 9.07. The molecule has 0 atom stereocenters. The zero-order chi connectivity index (χ0) is 18.7. The minimum absolute atomic E-state index is 0.116. The number of hydrogen-bond acceptors (Lipinski definition) is 3. The van der Waals surface area contributed by atoms with Crippen molar-refractivity contribution >= 4 is 22.5 Å². The number of halogens is 1. The van der Waals surface area contributed by atoms with Crippen LogP contribution in [-0.4, -0.2) is 17.8 Å². The molecule has 0 radical (unpaired) electrons. The van der Waals surface area contributed by atoms with Gasteiger partial charge in [0, 0.05) is 20.3 Å². The van der Waals surface area contributed by atoms with Crippen LogP contribution in [0.2, 0.25) is 5.02 Å². The Morgan fingerprint density at radius 1 is 1.00 bits per heavy atom. The van der Waals surface area contributed by atoms with Crippen molar-refractivity contribution < 1.29 is 9.47 Å². The monoisotopic (exact) mass is 371 g/mol. The van der Waals surface area contributed by atoms with E-state index in [2.05, 4.69) is 0 Å². The molecular weight excluding hydrogens is 350 g/mol. The van der Waals surface area contributed by atoms with E-state index < -0.39 is 6.29 Å². The van der Waals surface area contributed by atoms with Gasteiger partial charge in [-0.2, -0.15) is 0 Å². The normalized spacial score (nSPS) is 11.4. The van der Waals surface area contributed by atoms with Gasteiger partial charge in [-0.1, -0.05) is 48.0 Å². The lowest BCUT2D eigenvalue weighted by Crippen LogP contribution is -2.22. The van der Waals surface area contributed by atoms with E-state index in [1.807, 2.05) is 67.9 Å². The Morgan fingerprint density at radius 2 is 1.65 bits per heavy atom. The van der Waals surface area contributed by atoms with Crippen LogP contribution in [0.4, 0.5) is 0 Å². The molecule has 0 fully saturated rings. The largest absolute Gasteiger partial charge is 0.347 e. The summed E-state index contributed by atoms with van der Waals surface area (Å²) in [6.45, 7) is 4.76. The molecule has 3 aromatic rings. The zero-order valence-electron chi connectivity index (χ0n) is 15.2. The lowest BCUT2D eigenvalue weighted by Gasteiger charge is -2.25. The molecule has 26 heavy (non-hydrogen) atoms. The van der Waals surface area contributed by atoms with Gasteiger partial charge in [-0.05, 0) is 31.5 Å². The molecule has 1 heterocycles. The van der Waals surface area contributed by atoms with Gasteiger partial charge in [0.05, 0.1) is 27.2 Å². The predicted molar refractivity (Wildman–Crippen MR) is 106 cm³/mol. The molecule has 0 aliphatic carbocycles. The maximum absolute atomic E-state index is 13.4. The van der Waals surface area contributed by atoms with Crippen LogP contribution in [0, 0.1) is 0 Å². The van der Waals surface area contributed by atoms with Crippen LogP contribution in [-0.2, 0) is 16.5 Å². The Bertz CT molecular complexity index is 960. The van der Waals surface area contributed by atoms with Crippen LogP contribution in [0.1, 0.15) is 25.8 Å². The van der Waals surface area contributed by atoms with Gasteiger partial charge in [-0.15, -0.1) is 0 Å². The molecule has 0 amide bonds. The summed E-state index contributed by atoms with van der Waals surface area (Å²) in [7, 11) is 1.91. The molecule has 0 saturated heterocycles. The lowest BCUT2D eigenvalue weighted by molar-refractivity contribution is -0.143. The fraction of sp³-hybridized carbons (Fsp3) is 0.286. The minimum atomic E-state index is -0.638. The van der Waals surface area contributed by atoms with Gasteiger partial charge in [0.1, 0.15) is 0 Å².